The van der Waals surface area contributed by atoms with Crippen LogP contribution in [0.3, 0.4) is 0 Å². The van der Waals surface area contributed by atoms with Gasteiger partial charge >= 0.3 is 0 Å². The van der Waals surface area contributed by atoms with E-state index in [2.05, 4.69) is 38.1 Å². The summed E-state index contributed by atoms with van der Waals surface area (Å²) in [5.74, 6) is -0.819. The van der Waals surface area contributed by atoms with Crippen molar-refractivity contribution in [2.75, 3.05) is 25.5 Å². The molecule has 1 unspecified atom stereocenters. The molecule has 320 valence electrons. The van der Waals surface area contributed by atoms with Gasteiger partial charge in [-0.25, -0.2) is 4.39 Å². The number of benzene rings is 3. The summed E-state index contributed by atoms with van der Waals surface area (Å²) in [6.45, 7) is 5.58. The van der Waals surface area contributed by atoms with Gasteiger partial charge in [-0.15, -0.1) is 0 Å². The highest BCUT2D eigenvalue weighted by Crippen LogP contribution is 2.42. The van der Waals surface area contributed by atoms with Crippen molar-refractivity contribution in [1.29, 1.82) is 0 Å². The maximum absolute atomic E-state index is 14.9. The lowest BCUT2D eigenvalue weighted by molar-refractivity contribution is 0.285. The standard InChI is InChI=1S/C50H77F2O4P/c1-3-5-21-27-43-29-33-45(34-30-43)47-37-38-48(50(52)49(47)51)56-40-24-18-14-10-8-12-16-20-26-42-57(53,54)41-25-19-15-11-7-9-13-17-23-39-55-46-35-31-44(32-36-46)28-22-6-4-2/h29-38H,3-28,39-42H2,1-2H3,(H,53,54). The Morgan fingerprint density at radius 1 is 0.474 bits per heavy atom. The normalized spacial score (nSPS) is 12.5. The van der Waals surface area contributed by atoms with Gasteiger partial charge in [0.1, 0.15) is 5.75 Å². The smallest absolute Gasteiger partial charge is 0.201 e. The Labute approximate surface area is 346 Å². The second-order valence-corrected chi connectivity index (χ2v) is 18.9. The Morgan fingerprint density at radius 3 is 1.37 bits per heavy atom. The third-order valence-corrected chi connectivity index (χ3v) is 13.2. The molecule has 4 nitrogen and oxygen atoms in total. The van der Waals surface area contributed by atoms with Crippen LogP contribution in [0, 0.1) is 11.6 Å². The number of rotatable bonds is 35. The first-order valence-corrected chi connectivity index (χ1v) is 25.1. The zero-order valence-corrected chi connectivity index (χ0v) is 36.8. The van der Waals surface area contributed by atoms with Crippen LogP contribution < -0.4 is 9.47 Å². The van der Waals surface area contributed by atoms with E-state index in [0.29, 0.717) is 24.5 Å². The summed E-state index contributed by atoms with van der Waals surface area (Å²) in [5, 5.41) is 0. The van der Waals surface area contributed by atoms with Crippen LogP contribution in [0.25, 0.3) is 11.1 Å². The molecular weight excluding hydrogens is 734 g/mol. The van der Waals surface area contributed by atoms with E-state index in [-0.39, 0.29) is 11.3 Å². The Kier molecular flexibility index (Phi) is 25.9. The number of unbranched alkanes of at least 4 members (excludes halogenated alkanes) is 20. The van der Waals surface area contributed by atoms with Crippen LogP contribution in [0.5, 0.6) is 11.5 Å². The van der Waals surface area contributed by atoms with Crippen LogP contribution >= 0.6 is 7.37 Å². The number of hydrogen-bond donors (Lipinski definition) is 1. The van der Waals surface area contributed by atoms with E-state index in [0.717, 1.165) is 115 Å². The number of ether oxygens (including phenoxy) is 2. The highest BCUT2D eigenvalue weighted by molar-refractivity contribution is 7.57. The number of halogens is 2. The van der Waals surface area contributed by atoms with E-state index in [4.69, 9.17) is 9.47 Å². The van der Waals surface area contributed by atoms with Crippen LogP contribution in [0.1, 0.15) is 179 Å². The van der Waals surface area contributed by atoms with Gasteiger partial charge in [0.25, 0.3) is 0 Å². The zero-order chi connectivity index (χ0) is 40.8. The van der Waals surface area contributed by atoms with Gasteiger partial charge < -0.3 is 14.4 Å². The molecule has 3 aromatic carbocycles. The second-order valence-electron chi connectivity index (χ2n) is 16.3. The Balaban J connectivity index is 1.08. The first-order chi connectivity index (χ1) is 27.8. The predicted octanol–water partition coefficient (Wildman–Crippen LogP) is 15.8. The molecule has 1 N–H and O–H groups in total. The van der Waals surface area contributed by atoms with Crippen molar-refractivity contribution in [3.63, 3.8) is 0 Å². The zero-order valence-electron chi connectivity index (χ0n) is 35.9. The molecule has 0 heterocycles. The van der Waals surface area contributed by atoms with Gasteiger partial charge in [-0.2, -0.15) is 4.39 Å². The van der Waals surface area contributed by atoms with Gasteiger partial charge in [-0.3, -0.25) is 4.57 Å². The molecule has 0 fully saturated rings. The Bertz CT molecular complexity index is 1490. The van der Waals surface area contributed by atoms with Crippen molar-refractivity contribution in [1.82, 2.24) is 0 Å². The fourth-order valence-corrected chi connectivity index (χ4v) is 9.17. The minimum Gasteiger partial charge on any atom is -0.494 e. The quantitative estimate of drug-likeness (QED) is 0.0475. The molecule has 0 aliphatic carbocycles. The lowest BCUT2D eigenvalue weighted by atomic mass is 10.0. The lowest BCUT2D eigenvalue weighted by Gasteiger charge is -2.11. The minimum absolute atomic E-state index is 0.0235. The number of aryl methyl sites for hydroxylation is 2. The van der Waals surface area contributed by atoms with E-state index in [1.807, 2.05) is 24.3 Å². The molecule has 7 heteroatoms. The van der Waals surface area contributed by atoms with Crippen LogP contribution in [0.2, 0.25) is 0 Å². The molecule has 1 atom stereocenters. The molecule has 0 aliphatic heterocycles. The van der Waals surface area contributed by atoms with Crippen molar-refractivity contribution < 1.29 is 27.7 Å². The van der Waals surface area contributed by atoms with Gasteiger partial charge in [0.2, 0.25) is 13.2 Å². The lowest BCUT2D eigenvalue weighted by Crippen LogP contribution is -2.02. The summed E-state index contributed by atoms with van der Waals surface area (Å²) < 4.78 is 53.8. The summed E-state index contributed by atoms with van der Waals surface area (Å²) >= 11 is 0. The van der Waals surface area contributed by atoms with Crippen molar-refractivity contribution in [3.05, 3.63) is 83.4 Å². The molecule has 3 rings (SSSR count). The van der Waals surface area contributed by atoms with Crippen LogP contribution in [-0.4, -0.2) is 30.4 Å². The summed E-state index contributed by atoms with van der Waals surface area (Å²) in [4.78, 5) is 10.4. The average molecular weight is 811 g/mol. The fraction of sp³-hybridized carbons (Fsp3) is 0.640. The predicted molar refractivity (Wildman–Crippen MR) is 238 cm³/mol. The Hall–Kier alpha value is -2.69. The summed E-state index contributed by atoms with van der Waals surface area (Å²) in [6, 6.07) is 19.5. The monoisotopic (exact) mass is 811 g/mol. The first-order valence-electron chi connectivity index (χ1n) is 23.1. The van der Waals surface area contributed by atoms with Crippen molar-refractivity contribution >= 4 is 7.37 Å². The van der Waals surface area contributed by atoms with Gasteiger partial charge in [-0.05, 0) is 92.3 Å². The number of hydrogen-bond acceptors (Lipinski definition) is 3. The maximum atomic E-state index is 14.9. The van der Waals surface area contributed by atoms with Gasteiger partial charge in [-0.1, -0.05) is 166 Å². The van der Waals surface area contributed by atoms with Crippen molar-refractivity contribution in [3.8, 4) is 22.6 Å². The van der Waals surface area contributed by atoms with Crippen molar-refractivity contribution in [2.45, 2.75) is 181 Å². The van der Waals surface area contributed by atoms with Gasteiger partial charge in [0.15, 0.2) is 11.6 Å². The first kappa shape index (κ1) is 48.7. The molecule has 57 heavy (non-hydrogen) atoms. The van der Waals surface area contributed by atoms with Crippen LogP contribution in [-0.2, 0) is 17.4 Å². The summed E-state index contributed by atoms with van der Waals surface area (Å²) in [7, 11) is -3.00. The summed E-state index contributed by atoms with van der Waals surface area (Å²) in [5.41, 5.74) is 3.55. The van der Waals surface area contributed by atoms with Crippen LogP contribution in [0.4, 0.5) is 8.78 Å². The highest BCUT2D eigenvalue weighted by Gasteiger charge is 2.17. The largest absolute Gasteiger partial charge is 0.494 e. The van der Waals surface area contributed by atoms with E-state index >= 15 is 0 Å². The SMILES string of the molecule is CCCCCc1ccc(OCCCCCCCCCCCP(=O)(O)CCCCCCCCCCCOc2ccc(-c3ccc(CCCCC)cc3)c(F)c2F)cc1. The van der Waals surface area contributed by atoms with E-state index in [9.17, 15) is 18.2 Å². The molecule has 0 aliphatic rings. The topological polar surface area (TPSA) is 55.8 Å². The van der Waals surface area contributed by atoms with Crippen molar-refractivity contribution in [2.24, 2.45) is 0 Å². The highest BCUT2D eigenvalue weighted by atomic mass is 31.2. The minimum atomic E-state index is -3.00. The molecule has 0 spiro atoms. The molecule has 0 saturated carbocycles. The van der Waals surface area contributed by atoms with Crippen LogP contribution in [0.15, 0.2) is 60.7 Å². The van der Waals surface area contributed by atoms with E-state index in [1.54, 1.807) is 6.07 Å². The molecule has 0 radical (unpaired) electrons. The van der Waals surface area contributed by atoms with Gasteiger partial charge in [0, 0.05) is 17.9 Å². The molecule has 0 bridgehead atoms. The molecule has 0 aromatic heterocycles. The third-order valence-electron chi connectivity index (χ3n) is 11.2. The second kappa shape index (κ2) is 30.4. The third kappa shape index (κ3) is 21.8. The molecular formula is C50H77F2O4P. The summed E-state index contributed by atoms with van der Waals surface area (Å²) in [6.07, 6.45) is 30.1. The Morgan fingerprint density at radius 2 is 0.895 bits per heavy atom. The maximum Gasteiger partial charge on any atom is 0.201 e. The average Bonchev–Trinajstić information content (AvgIpc) is 3.21. The molecule has 3 aromatic rings. The molecule has 0 saturated heterocycles. The van der Waals surface area contributed by atoms with E-state index < -0.39 is 19.0 Å². The fourth-order valence-electron chi connectivity index (χ4n) is 7.51. The van der Waals surface area contributed by atoms with E-state index in [1.165, 1.54) is 81.4 Å². The molecule has 0 amide bonds. The van der Waals surface area contributed by atoms with Gasteiger partial charge in [0.05, 0.1) is 13.2 Å².